The molecule has 1 aromatic heterocycles. The molecule has 0 spiro atoms. The fraction of sp³-hybridized carbons (Fsp3) is 0.619. The number of nitrogens with two attached hydrogens (primary N) is 1. The van der Waals surface area contributed by atoms with Crippen LogP contribution in [-0.2, 0) is 19.6 Å². The highest BCUT2D eigenvalue weighted by molar-refractivity contribution is 7.89. The predicted octanol–water partition coefficient (Wildman–Crippen LogP) is 1.14. The molecule has 10 nitrogen and oxygen atoms in total. The van der Waals surface area contributed by atoms with Crippen molar-refractivity contribution in [1.82, 2.24) is 24.2 Å². The summed E-state index contributed by atoms with van der Waals surface area (Å²) >= 11 is 0. The zero-order valence-electron chi connectivity index (χ0n) is 18.5. The van der Waals surface area contributed by atoms with E-state index >= 15 is 0 Å². The highest BCUT2D eigenvalue weighted by Gasteiger charge is 2.36. The molecule has 2 amide bonds. The van der Waals surface area contributed by atoms with E-state index < -0.39 is 10.0 Å². The summed E-state index contributed by atoms with van der Waals surface area (Å²) in [4.78, 5) is 26.3. The van der Waals surface area contributed by atoms with E-state index in [0.717, 1.165) is 5.52 Å². The van der Waals surface area contributed by atoms with E-state index in [9.17, 15) is 18.0 Å². The molecule has 2 N–H and O–H groups in total. The molecule has 2 fully saturated rings. The molecule has 11 heteroatoms. The zero-order chi connectivity index (χ0) is 23.0. The number of fused-ring (bicyclic) bond motifs is 1. The third-order valence-corrected chi connectivity index (χ3v) is 8.37. The van der Waals surface area contributed by atoms with Crippen LogP contribution in [0.25, 0.3) is 11.0 Å². The fourth-order valence-electron chi connectivity index (χ4n) is 4.62. The van der Waals surface area contributed by atoms with Crippen molar-refractivity contribution >= 4 is 32.9 Å². The summed E-state index contributed by atoms with van der Waals surface area (Å²) in [5.74, 6) is -0.930. The molecule has 2 saturated heterocycles. The van der Waals surface area contributed by atoms with Crippen molar-refractivity contribution in [3.8, 4) is 0 Å². The first kappa shape index (κ1) is 22.7. The SMILES string of the molecule is CC(C)n1nnc2cc(S(=O)(=O)N3CCCC(C(=O)N4CCC(C(N)=O)CC4)C3)ccc21. The van der Waals surface area contributed by atoms with Gasteiger partial charge < -0.3 is 10.6 Å². The Morgan fingerprint density at radius 1 is 1.09 bits per heavy atom. The summed E-state index contributed by atoms with van der Waals surface area (Å²) in [6.07, 6.45) is 2.40. The molecule has 0 aliphatic carbocycles. The van der Waals surface area contributed by atoms with Gasteiger partial charge in [0.05, 0.1) is 16.3 Å². The molecule has 2 aliphatic heterocycles. The van der Waals surface area contributed by atoms with Crippen molar-refractivity contribution in [3.05, 3.63) is 18.2 Å². The summed E-state index contributed by atoms with van der Waals surface area (Å²) in [5.41, 5.74) is 6.69. The summed E-state index contributed by atoms with van der Waals surface area (Å²) < 4.78 is 29.8. The molecule has 4 rings (SSSR count). The van der Waals surface area contributed by atoms with Crippen molar-refractivity contribution < 1.29 is 18.0 Å². The molecule has 0 saturated carbocycles. The van der Waals surface area contributed by atoms with Gasteiger partial charge in [0.15, 0.2) is 0 Å². The van der Waals surface area contributed by atoms with E-state index in [1.807, 2.05) is 13.8 Å². The van der Waals surface area contributed by atoms with Gasteiger partial charge in [-0.3, -0.25) is 9.59 Å². The first-order chi connectivity index (χ1) is 15.2. The van der Waals surface area contributed by atoms with Crippen LogP contribution in [0.15, 0.2) is 23.1 Å². The molecular formula is C21H30N6O4S. The van der Waals surface area contributed by atoms with Crippen LogP contribution in [0.1, 0.15) is 45.6 Å². The summed E-state index contributed by atoms with van der Waals surface area (Å²) in [6, 6.07) is 4.98. The Morgan fingerprint density at radius 2 is 1.81 bits per heavy atom. The smallest absolute Gasteiger partial charge is 0.243 e. The second-order valence-electron chi connectivity index (χ2n) is 8.98. The minimum atomic E-state index is -3.76. The quantitative estimate of drug-likeness (QED) is 0.709. The van der Waals surface area contributed by atoms with Gasteiger partial charge in [0.1, 0.15) is 5.52 Å². The Hall–Kier alpha value is -2.53. The Labute approximate surface area is 187 Å². The molecule has 174 valence electrons. The van der Waals surface area contributed by atoms with Crippen LogP contribution < -0.4 is 5.73 Å². The van der Waals surface area contributed by atoms with Gasteiger partial charge in [-0.15, -0.1) is 5.10 Å². The van der Waals surface area contributed by atoms with Gasteiger partial charge in [0.2, 0.25) is 21.8 Å². The molecular weight excluding hydrogens is 432 g/mol. The maximum absolute atomic E-state index is 13.3. The number of aromatic nitrogens is 3. The molecule has 1 unspecified atom stereocenters. The van der Waals surface area contributed by atoms with Crippen LogP contribution in [0.2, 0.25) is 0 Å². The minimum absolute atomic E-state index is 0.0388. The standard InChI is InChI=1S/C21H30N6O4S/c1-14(2)27-19-6-5-17(12-18(19)23-24-27)32(30,31)26-9-3-4-16(13-26)21(29)25-10-7-15(8-11-25)20(22)28/h5-6,12,14-16H,3-4,7-11,13H2,1-2H3,(H2,22,28). The van der Waals surface area contributed by atoms with Crippen molar-refractivity contribution in [2.45, 2.75) is 50.5 Å². The lowest BCUT2D eigenvalue weighted by Gasteiger charge is -2.37. The first-order valence-electron chi connectivity index (χ1n) is 11.1. The van der Waals surface area contributed by atoms with Crippen molar-refractivity contribution in [2.24, 2.45) is 17.6 Å². The van der Waals surface area contributed by atoms with Crippen molar-refractivity contribution in [3.63, 3.8) is 0 Å². The third-order valence-electron chi connectivity index (χ3n) is 6.51. The molecule has 3 heterocycles. The van der Waals surface area contributed by atoms with E-state index in [0.29, 0.717) is 50.8 Å². The second kappa shape index (κ2) is 8.78. The summed E-state index contributed by atoms with van der Waals surface area (Å²) in [7, 11) is -3.76. The maximum Gasteiger partial charge on any atom is 0.243 e. The maximum atomic E-state index is 13.3. The van der Waals surface area contributed by atoms with E-state index in [1.54, 1.807) is 27.8 Å². The van der Waals surface area contributed by atoms with Crippen molar-refractivity contribution in [1.29, 1.82) is 0 Å². The van der Waals surface area contributed by atoms with Crippen LogP contribution in [0.4, 0.5) is 0 Å². The number of rotatable bonds is 5. The second-order valence-corrected chi connectivity index (χ2v) is 10.9. The zero-order valence-corrected chi connectivity index (χ0v) is 19.3. The van der Waals surface area contributed by atoms with Gasteiger partial charge in [-0.05, 0) is 57.7 Å². The number of nitrogens with zero attached hydrogens (tertiary/aromatic N) is 5. The van der Waals surface area contributed by atoms with Gasteiger partial charge in [-0.2, -0.15) is 4.31 Å². The molecule has 2 aromatic rings. The number of sulfonamides is 1. The van der Waals surface area contributed by atoms with E-state index in [2.05, 4.69) is 10.3 Å². The fourth-order valence-corrected chi connectivity index (χ4v) is 6.16. The van der Waals surface area contributed by atoms with Gasteiger partial charge in [0.25, 0.3) is 0 Å². The number of piperidine rings is 2. The number of benzene rings is 1. The number of hydrogen-bond donors (Lipinski definition) is 1. The normalized spacial score (nSPS) is 21.3. The van der Waals surface area contributed by atoms with Crippen LogP contribution in [0.3, 0.4) is 0 Å². The van der Waals surface area contributed by atoms with Gasteiger partial charge >= 0.3 is 0 Å². The number of carbonyl (C=O) groups is 2. The van der Waals surface area contributed by atoms with Gasteiger partial charge in [-0.25, -0.2) is 13.1 Å². The number of primary amides is 1. The lowest BCUT2D eigenvalue weighted by Crippen LogP contribution is -2.49. The van der Waals surface area contributed by atoms with Crippen LogP contribution in [0, 0.1) is 11.8 Å². The minimum Gasteiger partial charge on any atom is -0.369 e. The number of carbonyl (C=O) groups excluding carboxylic acids is 2. The van der Waals surface area contributed by atoms with E-state index in [-0.39, 0.29) is 41.1 Å². The molecule has 0 radical (unpaired) electrons. The van der Waals surface area contributed by atoms with Gasteiger partial charge in [0, 0.05) is 38.1 Å². The van der Waals surface area contributed by atoms with Crippen LogP contribution >= 0.6 is 0 Å². The van der Waals surface area contributed by atoms with Crippen LogP contribution in [0.5, 0.6) is 0 Å². The number of amides is 2. The van der Waals surface area contributed by atoms with Crippen molar-refractivity contribution in [2.75, 3.05) is 26.2 Å². The molecule has 2 aliphatic rings. The predicted molar refractivity (Wildman–Crippen MR) is 118 cm³/mol. The Kier molecular flexibility index (Phi) is 6.22. The number of hydrogen-bond acceptors (Lipinski definition) is 6. The average molecular weight is 463 g/mol. The van der Waals surface area contributed by atoms with E-state index in [1.165, 1.54) is 4.31 Å². The topological polar surface area (TPSA) is 131 Å². The summed E-state index contributed by atoms with van der Waals surface area (Å²) in [6.45, 7) is 5.48. The molecule has 1 aromatic carbocycles. The Balaban J connectivity index is 1.48. The van der Waals surface area contributed by atoms with E-state index in [4.69, 9.17) is 5.73 Å². The highest BCUT2D eigenvalue weighted by atomic mass is 32.2. The number of likely N-dealkylation sites (tertiary alicyclic amines) is 1. The van der Waals surface area contributed by atoms with Crippen LogP contribution in [-0.4, -0.2) is 70.6 Å². The first-order valence-corrected chi connectivity index (χ1v) is 12.6. The Morgan fingerprint density at radius 3 is 2.47 bits per heavy atom. The lowest BCUT2D eigenvalue weighted by molar-refractivity contribution is -0.139. The lowest BCUT2D eigenvalue weighted by atomic mass is 9.93. The average Bonchev–Trinajstić information content (AvgIpc) is 3.22. The molecule has 32 heavy (non-hydrogen) atoms. The third kappa shape index (κ3) is 4.23. The summed E-state index contributed by atoms with van der Waals surface area (Å²) in [5, 5.41) is 8.23. The Bertz CT molecular complexity index is 1120. The highest BCUT2D eigenvalue weighted by Crippen LogP contribution is 2.28. The largest absolute Gasteiger partial charge is 0.369 e. The molecule has 0 bridgehead atoms. The molecule has 1 atom stereocenters. The monoisotopic (exact) mass is 462 g/mol. The van der Waals surface area contributed by atoms with Gasteiger partial charge in [-0.1, -0.05) is 5.21 Å².